The predicted molar refractivity (Wildman–Crippen MR) is 72.6 cm³/mol. The van der Waals surface area contributed by atoms with E-state index in [4.69, 9.17) is 4.74 Å². The molecule has 2 aromatic rings. The number of hydrogen-bond acceptors (Lipinski definition) is 2. The number of aliphatic hydroxyl groups is 1. The molecule has 0 aliphatic carbocycles. The van der Waals surface area contributed by atoms with Crippen LogP contribution in [0.25, 0.3) is 0 Å². The van der Waals surface area contributed by atoms with Crippen LogP contribution in [-0.2, 0) is 6.42 Å². The topological polar surface area (TPSA) is 29.5 Å². The van der Waals surface area contributed by atoms with Gasteiger partial charge in [0, 0.05) is 6.42 Å². The van der Waals surface area contributed by atoms with Gasteiger partial charge in [-0.3, -0.25) is 0 Å². The molecule has 4 heteroatoms. The highest BCUT2D eigenvalue weighted by atomic mass is 19.1. The monoisotopic (exact) mass is 278 g/mol. The maximum Gasteiger partial charge on any atom is 0.126 e. The summed E-state index contributed by atoms with van der Waals surface area (Å²) in [5, 5.41) is 10.1. The summed E-state index contributed by atoms with van der Waals surface area (Å²) in [5.74, 6) is -0.322. The van der Waals surface area contributed by atoms with Crippen LogP contribution in [-0.4, -0.2) is 11.7 Å². The van der Waals surface area contributed by atoms with Crippen molar-refractivity contribution in [1.82, 2.24) is 0 Å². The number of benzene rings is 2. The molecule has 2 nitrogen and oxygen atoms in total. The van der Waals surface area contributed by atoms with Gasteiger partial charge in [-0.05, 0) is 48.4 Å². The minimum Gasteiger partial charge on any atom is -0.494 e. The lowest BCUT2D eigenvalue weighted by molar-refractivity contribution is 0.177. The van der Waals surface area contributed by atoms with Gasteiger partial charge in [-0.2, -0.15) is 0 Å². The molecule has 1 N–H and O–H groups in total. The van der Waals surface area contributed by atoms with Crippen LogP contribution in [0.4, 0.5) is 8.78 Å². The van der Waals surface area contributed by atoms with Crippen LogP contribution in [0.1, 0.15) is 24.2 Å². The van der Waals surface area contributed by atoms with E-state index >= 15 is 0 Å². The van der Waals surface area contributed by atoms with E-state index in [1.54, 1.807) is 24.3 Å². The third-order valence-corrected chi connectivity index (χ3v) is 3.00. The van der Waals surface area contributed by atoms with E-state index in [-0.39, 0.29) is 12.0 Å². The molecule has 0 aliphatic rings. The third-order valence-electron chi connectivity index (χ3n) is 3.00. The Labute approximate surface area is 116 Å². The van der Waals surface area contributed by atoms with Crippen molar-refractivity contribution in [3.05, 3.63) is 65.2 Å². The predicted octanol–water partition coefficient (Wildman–Crippen LogP) is 3.64. The Balaban J connectivity index is 2.11. The van der Waals surface area contributed by atoms with Gasteiger partial charge in [0.05, 0.1) is 12.7 Å². The molecule has 0 heterocycles. The molecule has 1 atom stereocenters. The van der Waals surface area contributed by atoms with E-state index < -0.39 is 17.7 Å². The van der Waals surface area contributed by atoms with Gasteiger partial charge < -0.3 is 9.84 Å². The lowest BCUT2D eigenvalue weighted by Crippen LogP contribution is -2.04. The zero-order valence-corrected chi connectivity index (χ0v) is 11.1. The van der Waals surface area contributed by atoms with E-state index in [0.29, 0.717) is 17.9 Å². The first kappa shape index (κ1) is 14.5. The first-order valence-electron chi connectivity index (χ1n) is 6.45. The van der Waals surface area contributed by atoms with Crippen molar-refractivity contribution in [3.63, 3.8) is 0 Å². The van der Waals surface area contributed by atoms with Crippen LogP contribution >= 0.6 is 0 Å². The number of ether oxygens (including phenoxy) is 1. The molecule has 0 saturated heterocycles. The Hall–Kier alpha value is -1.94. The summed E-state index contributed by atoms with van der Waals surface area (Å²) in [6.45, 7) is 2.45. The van der Waals surface area contributed by atoms with E-state index in [1.165, 1.54) is 0 Å². The summed E-state index contributed by atoms with van der Waals surface area (Å²) < 4.78 is 31.9. The quantitative estimate of drug-likeness (QED) is 0.904. The van der Waals surface area contributed by atoms with Crippen molar-refractivity contribution in [3.8, 4) is 5.75 Å². The van der Waals surface area contributed by atoms with Crippen molar-refractivity contribution in [2.45, 2.75) is 19.4 Å². The van der Waals surface area contributed by atoms with Crippen molar-refractivity contribution in [1.29, 1.82) is 0 Å². The highest BCUT2D eigenvalue weighted by Crippen LogP contribution is 2.23. The fourth-order valence-corrected chi connectivity index (χ4v) is 1.98. The van der Waals surface area contributed by atoms with E-state index in [1.807, 2.05) is 6.92 Å². The average Bonchev–Trinajstić information content (AvgIpc) is 2.44. The van der Waals surface area contributed by atoms with Crippen LogP contribution in [0.3, 0.4) is 0 Å². The first-order valence-corrected chi connectivity index (χ1v) is 6.45. The molecule has 1 unspecified atom stereocenters. The summed E-state index contributed by atoms with van der Waals surface area (Å²) >= 11 is 0. The smallest absolute Gasteiger partial charge is 0.126 e. The molecule has 2 rings (SSSR count). The number of rotatable bonds is 5. The van der Waals surface area contributed by atoms with Crippen molar-refractivity contribution >= 4 is 0 Å². The van der Waals surface area contributed by atoms with Gasteiger partial charge in [0.15, 0.2) is 0 Å². The van der Waals surface area contributed by atoms with Crippen LogP contribution in [0.15, 0.2) is 42.5 Å². The Bertz CT molecular complexity index is 567. The second kappa shape index (κ2) is 6.48. The van der Waals surface area contributed by atoms with Crippen molar-refractivity contribution in [2.24, 2.45) is 0 Å². The molecule has 0 fully saturated rings. The molecule has 0 radical (unpaired) electrons. The number of aliphatic hydroxyl groups excluding tert-OH is 1. The summed E-state index contributed by atoms with van der Waals surface area (Å²) in [6, 6.07) is 10.1. The minimum absolute atomic E-state index is 0.0254. The largest absolute Gasteiger partial charge is 0.494 e. The zero-order valence-electron chi connectivity index (χ0n) is 11.1. The fourth-order valence-electron chi connectivity index (χ4n) is 1.98. The first-order chi connectivity index (χ1) is 9.60. The molecule has 0 bridgehead atoms. The van der Waals surface area contributed by atoms with Gasteiger partial charge in [0.25, 0.3) is 0 Å². The Kier molecular flexibility index (Phi) is 4.69. The summed E-state index contributed by atoms with van der Waals surface area (Å²) in [4.78, 5) is 0. The van der Waals surface area contributed by atoms with E-state index in [9.17, 15) is 13.9 Å². The third kappa shape index (κ3) is 3.54. The van der Waals surface area contributed by atoms with E-state index in [0.717, 1.165) is 18.2 Å². The fraction of sp³-hybridized carbons (Fsp3) is 0.250. The SMILES string of the molecule is CCOc1ccc(C(O)Cc2cc(F)ccc2F)cc1. The maximum atomic E-state index is 13.5. The van der Waals surface area contributed by atoms with Crippen LogP contribution in [0, 0.1) is 11.6 Å². The van der Waals surface area contributed by atoms with Crippen molar-refractivity contribution in [2.75, 3.05) is 6.61 Å². The summed E-state index contributed by atoms with van der Waals surface area (Å²) in [6.07, 6.45) is -0.862. The number of hydrogen-bond donors (Lipinski definition) is 1. The van der Waals surface area contributed by atoms with Gasteiger partial charge in [-0.15, -0.1) is 0 Å². The van der Waals surface area contributed by atoms with Crippen LogP contribution in [0.2, 0.25) is 0 Å². The Morgan fingerprint density at radius 3 is 2.45 bits per heavy atom. The lowest BCUT2D eigenvalue weighted by Gasteiger charge is -2.12. The minimum atomic E-state index is -0.887. The van der Waals surface area contributed by atoms with Gasteiger partial charge in [0.1, 0.15) is 17.4 Å². The molecule has 0 saturated carbocycles. The van der Waals surface area contributed by atoms with Gasteiger partial charge in [-0.25, -0.2) is 8.78 Å². The van der Waals surface area contributed by atoms with Crippen LogP contribution < -0.4 is 4.74 Å². The van der Waals surface area contributed by atoms with Crippen LogP contribution in [0.5, 0.6) is 5.75 Å². The standard InChI is InChI=1S/C16H16F2O2/c1-2-20-14-6-3-11(4-7-14)16(19)10-12-9-13(17)5-8-15(12)18/h3-9,16,19H,2,10H2,1H3. The zero-order chi connectivity index (χ0) is 14.5. The molecule has 0 aliphatic heterocycles. The number of halogens is 2. The molecular formula is C16H16F2O2. The molecule has 106 valence electrons. The maximum absolute atomic E-state index is 13.5. The second-order valence-electron chi connectivity index (χ2n) is 4.46. The van der Waals surface area contributed by atoms with E-state index in [2.05, 4.69) is 0 Å². The highest BCUT2D eigenvalue weighted by molar-refractivity contribution is 5.30. The molecule has 0 aromatic heterocycles. The highest BCUT2D eigenvalue weighted by Gasteiger charge is 2.12. The molecular weight excluding hydrogens is 262 g/mol. The van der Waals surface area contributed by atoms with Gasteiger partial charge in [0.2, 0.25) is 0 Å². The molecule has 0 amide bonds. The van der Waals surface area contributed by atoms with Gasteiger partial charge in [-0.1, -0.05) is 12.1 Å². The molecule has 2 aromatic carbocycles. The molecule has 20 heavy (non-hydrogen) atoms. The summed E-state index contributed by atoms with van der Waals surface area (Å²) in [7, 11) is 0. The van der Waals surface area contributed by atoms with Gasteiger partial charge >= 0.3 is 0 Å². The second-order valence-corrected chi connectivity index (χ2v) is 4.46. The normalized spacial score (nSPS) is 12.2. The Morgan fingerprint density at radius 2 is 1.80 bits per heavy atom. The van der Waals surface area contributed by atoms with Crippen molar-refractivity contribution < 1.29 is 18.6 Å². The molecule has 0 spiro atoms. The Morgan fingerprint density at radius 1 is 1.10 bits per heavy atom. The summed E-state index contributed by atoms with van der Waals surface area (Å²) in [5.41, 5.74) is 0.795. The average molecular weight is 278 g/mol. The lowest BCUT2D eigenvalue weighted by atomic mass is 10.0.